The quantitative estimate of drug-likeness (QED) is 0.902. The fraction of sp³-hybridized carbons (Fsp3) is 0.611. The number of benzene rings is 1. The van der Waals surface area contributed by atoms with Crippen LogP contribution in [0.3, 0.4) is 0 Å². The Morgan fingerprint density at radius 2 is 2.14 bits per heavy atom. The molecule has 5 unspecified atom stereocenters. The monoisotopic (exact) mass is 304 g/mol. The topological polar surface area (TPSA) is 57.5 Å². The summed E-state index contributed by atoms with van der Waals surface area (Å²) in [5.41, 5.74) is 0.365. The van der Waals surface area contributed by atoms with Gasteiger partial charge in [-0.25, -0.2) is 4.39 Å². The van der Waals surface area contributed by atoms with Gasteiger partial charge in [0.1, 0.15) is 5.82 Å². The Morgan fingerprint density at radius 3 is 2.82 bits per heavy atom. The van der Waals surface area contributed by atoms with Gasteiger partial charge in [0, 0.05) is 5.41 Å². The average molecular weight is 304 g/mol. The van der Waals surface area contributed by atoms with Gasteiger partial charge in [0.05, 0.1) is 12.5 Å². The lowest BCUT2D eigenvalue weighted by atomic mass is 9.53. The standard InChI is InChI=1S/C18H21FO3/c19-12-3-1-2-11(8-12)18(9-16(20)21)5-4-13-14-6-10(17(13)22)7-15(14)18/h1-3,8,10,13-15,17,22H,4-7,9H2,(H,20,21)/t10?,13?,14?,15?,17-,18?/m0/s1. The molecule has 1 aromatic carbocycles. The lowest BCUT2D eigenvalue weighted by molar-refractivity contribution is -0.141. The van der Waals surface area contributed by atoms with Gasteiger partial charge >= 0.3 is 5.97 Å². The van der Waals surface area contributed by atoms with E-state index < -0.39 is 11.4 Å². The molecule has 22 heavy (non-hydrogen) atoms. The lowest BCUT2D eigenvalue weighted by Gasteiger charge is -2.51. The molecule has 4 rings (SSSR count). The molecule has 3 nitrogen and oxygen atoms in total. The molecule has 0 aromatic heterocycles. The summed E-state index contributed by atoms with van der Waals surface area (Å²) in [5, 5.41) is 19.8. The summed E-state index contributed by atoms with van der Waals surface area (Å²) in [6.07, 6.45) is 3.32. The third-order valence-corrected chi connectivity index (χ3v) is 6.62. The number of rotatable bonds is 3. The minimum absolute atomic E-state index is 0.0627. The highest BCUT2D eigenvalue weighted by Gasteiger charge is 2.61. The van der Waals surface area contributed by atoms with Crippen LogP contribution in [0.2, 0.25) is 0 Å². The molecule has 118 valence electrons. The Morgan fingerprint density at radius 1 is 1.32 bits per heavy atom. The molecule has 3 saturated carbocycles. The van der Waals surface area contributed by atoms with E-state index in [0.29, 0.717) is 17.8 Å². The number of halogens is 1. The summed E-state index contributed by atoms with van der Waals surface area (Å²) in [4.78, 5) is 11.5. The molecule has 3 fully saturated rings. The van der Waals surface area contributed by atoms with Crippen molar-refractivity contribution in [1.29, 1.82) is 0 Å². The summed E-state index contributed by atoms with van der Waals surface area (Å²) in [5.74, 6) is 0.175. The van der Waals surface area contributed by atoms with Crippen LogP contribution in [0.4, 0.5) is 4.39 Å². The highest BCUT2D eigenvalue weighted by atomic mass is 19.1. The number of carboxylic acid groups (broad SMARTS) is 1. The summed E-state index contributed by atoms with van der Waals surface area (Å²) in [6.45, 7) is 0. The van der Waals surface area contributed by atoms with Crippen LogP contribution < -0.4 is 0 Å². The third-order valence-electron chi connectivity index (χ3n) is 6.62. The molecular formula is C18H21FO3. The molecule has 2 bridgehead atoms. The zero-order valence-corrected chi connectivity index (χ0v) is 12.4. The first-order valence-electron chi connectivity index (χ1n) is 8.17. The Labute approximate surface area is 129 Å². The van der Waals surface area contributed by atoms with Gasteiger partial charge in [-0.1, -0.05) is 12.1 Å². The largest absolute Gasteiger partial charge is 0.481 e. The lowest BCUT2D eigenvalue weighted by Crippen LogP contribution is -2.49. The van der Waals surface area contributed by atoms with Crippen molar-refractivity contribution in [2.24, 2.45) is 23.7 Å². The number of hydrogen-bond donors (Lipinski definition) is 2. The van der Waals surface area contributed by atoms with Crippen LogP contribution >= 0.6 is 0 Å². The SMILES string of the molecule is O=C(O)CC1(c2cccc(F)c2)CCC2C3CC(CC31)[C@@H]2O. The highest BCUT2D eigenvalue weighted by Crippen LogP contribution is 2.64. The Hall–Kier alpha value is -1.42. The predicted molar refractivity (Wildman–Crippen MR) is 78.8 cm³/mol. The van der Waals surface area contributed by atoms with Gasteiger partial charge in [-0.2, -0.15) is 0 Å². The molecule has 0 aliphatic heterocycles. The van der Waals surface area contributed by atoms with Crippen LogP contribution in [0.15, 0.2) is 24.3 Å². The van der Waals surface area contributed by atoms with Crippen LogP contribution in [-0.4, -0.2) is 22.3 Å². The molecule has 2 N–H and O–H groups in total. The number of aliphatic hydroxyl groups excluding tert-OH is 1. The van der Waals surface area contributed by atoms with Gasteiger partial charge in [-0.05, 0) is 67.1 Å². The Balaban J connectivity index is 1.78. The fourth-order valence-electron chi connectivity index (χ4n) is 5.84. The van der Waals surface area contributed by atoms with Gasteiger partial charge < -0.3 is 10.2 Å². The van der Waals surface area contributed by atoms with Crippen molar-refractivity contribution in [3.63, 3.8) is 0 Å². The number of carboxylic acids is 1. The van der Waals surface area contributed by atoms with Crippen molar-refractivity contribution in [3.8, 4) is 0 Å². The van der Waals surface area contributed by atoms with E-state index in [1.54, 1.807) is 6.07 Å². The van der Waals surface area contributed by atoms with Gasteiger partial charge in [0.25, 0.3) is 0 Å². The summed E-state index contributed by atoms with van der Waals surface area (Å²) >= 11 is 0. The summed E-state index contributed by atoms with van der Waals surface area (Å²) < 4.78 is 13.7. The first-order chi connectivity index (χ1) is 10.5. The van der Waals surface area contributed by atoms with Crippen molar-refractivity contribution in [1.82, 2.24) is 0 Å². The Bertz CT molecular complexity index is 616. The molecule has 0 radical (unpaired) electrons. The zero-order valence-electron chi connectivity index (χ0n) is 12.4. The van der Waals surface area contributed by atoms with Crippen molar-refractivity contribution in [2.45, 2.75) is 43.6 Å². The first-order valence-corrected chi connectivity index (χ1v) is 8.17. The number of fused-ring (bicyclic) bond motifs is 1. The van der Waals surface area contributed by atoms with Crippen LogP contribution in [0, 0.1) is 29.5 Å². The number of aliphatic hydroxyl groups is 1. The van der Waals surface area contributed by atoms with Crippen LogP contribution in [-0.2, 0) is 10.2 Å². The predicted octanol–water partition coefficient (Wildman–Crippen LogP) is 2.97. The molecule has 0 amide bonds. The molecule has 0 heterocycles. The minimum atomic E-state index is -0.814. The molecule has 4 heteroatoms. The van der Waals surface area contributed by atoms with Crippen LogP contribution in [0.25, 0.3) is 0 Å². The van der Waals surface area contributed by atoms with E-state index in [2.05, 4.69) is 0 Å². The highest BCUT2D eigenvalue weighted by molar-refractivity contribution is 5.69. The molecular weight excluding hydrogens is 283 g/mol. The van der Waals surface area contributed by atoms with E-state index in [-0.39, 0.29) is 24.3 Å². The number of hydrogen-bond acceptors (Lipinski definition) is 2. The van der Waals surface area contributed by atoms with Gasteiger partial charge in [-0.3, -0.25) is 4.79 Å². The minimum Gasteiger partial charge on any atom is -0.481 e. The van der Waals surface area contributed by atoms with E-state index >= 15 is 0 Å². The van der Waals surface area contributed by atoms with Crippen LogP contribution in [0.1, 0.15) is 37.7 Å². The maximum absolute atomic E-state index is 13.7. The Kier molecular flexibility index (Phi) is 3.09. The smallest absolute Gasteiger partial charge is 0.304 e. The number of carbonyl (C=O) groups is 1. The van der Waals surface area contributed by atoms with Crippen molar-refractivity contribution in [3.05, 3.63) is 35.6 Å². The van der Waals surface area contributed by atoms with E-state index in [0.717, 1.165) is 31.2 Å². The van der Waals surface area contributed by atoms with E-state index in [1.807, 2.05) is 6.07 Å². The summed E-state index contributed by atoms with van der Waals surface area (Å²) in [6, 6.07) is 6.50. The van der Waals surface area contributed by atoms with E-state index in [4.69, 9.17) is 0 Å². The second kappa shape index (κ2) is 4.79. The third kappa shape index (κ3) is 1.86. The second-order valence-electron chi connectivity index (χ2n) is 7.43. The van der Waals surface area contributed by atoms with Crippen molar-refractivity contribution >= 4 is 5.97 Å². The first kappa shape index (κ1) is 14.2. The van der Waals surface area contributed by atoms with E-state index in [9.17, 15) is 19.4 Å². The van der Waals surface area contributed by atoms with Gasteiger partial charge in [0.15, 0.2) is 0 Å². The van der Waals surface area contributed by atoms with Gasteiger partial charge in [-0.15, -0.1) is 0 Å². The molecule has 1 aromatic rings. The molecule has 0 saturated heterocycles. The normalized spacial score (nSPS) is 42.5. The molecule has 6 atom stereocenters. The molecule has 0 spiro atoms. The molecule has 3 aliphatic carbocycles. The average Bonchev–Trinajstić information content (AvgIpc) is 3.03. The van der Waals surface area contributed by atoms with Crippen LogP contribution in [0.5, 0.6) is 0 Å². The van der Waals surface area contributed by atoms with E-state index in [1.165, 1.54) is 12.1 Å². The molecule has 3 aliphatic rings. The van der Waals surface area contributed by atoms with Gasteiger partial charge in [0.2, 0.25) is 0 Å². The zero-order chi connectivity index (χ0) is 15.5. The maximum atomic E-state index is 13.7. The van der Waals surface area contributed by atoms with Crippen molar-refractivity contribution < 1.29 is 19.4 Å². The summed E-state index contributed by atoms with van der Waals surface area (Å²) in [7, 11) is 0. The van der Waals surface area contributed by atoms with Crippen molar-refractivity contribution in [2.75, 3.05) is 0 Å². The second-order valence-corrected chi connectivity index (χ2v) is 7.43. The number of aliphatic carboxylic acids is 1. The fourth-order valence-corrected chi connectivity index (χ4v) is 5.84. The maximum Gasteiger partial charge on any atom is 0.304 e.